The van der Waals surface area contributed by atoms with Crippen LogP contribution in [0.25, 0.3) is 0 Å². The Hall–Kier alpha value is -0.770. The zero-order valence-corrected chi connectivity index (χ0v) is 12.9. The summed E-state index contributed by atoms with van der Waals surface area (Å²) in [5, 5.41) is 3.46. The molecule has 1 aromatic rings. The molecule has 1 atom stereocenters. The molecule has 2 fully saturated rings. The van der Waals surface area contributed by atoms with E-state index in [-0.39, 0.29) is 12.4 Å². The van der Waals surface area contributed by atoms with Gasteiger partial charge in [0.15, 0.2) is 0 Å². The number of rotatable bonds is 4. The minimum absolute atomic E-state index is 0. The molecule has 0 aliphatic carbocycles. The number of anilines is 1. The molecule has 0 radical (unpaired) electrons. The Kier molecular flexibility index (Phi) is 6.14. The summed E-state index contributed by atoms with van der Waals surface area (Å²) >= 11 is 0. The standard InChI is InChI=1S/C16H25N3.ClH/c1-2-4-16(5-3-1)19-12-10-18(11-13-19)9-7-15-6-8-17-14-15;/h1-5,15,17H,6-14H2;1H. The molecular formula is C16H26ClN3. The molecule has 1 N–H and O–H groups in total. The van der Waals surface area contributed by atoms with Crippen molar-refractivity contribution in [2.45, 2.75) is 12.8 Å². The Morgan fingerprint density at radius 1 is 1.05 bits per heavy atom. The Morgan fingerprint density at radius 2 is 1.80 bits per heavy atom. The first-order valence-electron chi connectivity index (χ1n) is 7.65. The summed E-state index contributed by atoms with van der Waals surface area (Å²) in [4.78, 5) is 5.14. The van der Waals surface area contributed by atoms with E-state index < -0.39 is 0 Å². The fourth-order valence-electron chi connectivity index (χ4n) is 3.19. The Labute approximate surface area is 128 Å². The first kappa shape index (κ1) is 15.6. The molecule has 0 amide bonds. The van der Waals surface area contributed by atoms with Crippen molar-refractivity contribution in [1.29, 1.82) is 0 Å². The van der Waals surface area contributed by atoms with Crippen LogP contribution in [0.1, 0.15) is 12.8 Å². The van der Waals surface area contributed by atoms with Gasteiger partial charge in [0.05, 0.1) is 0 Å². The van der Waals surface area contributed by atoms with Gasteiger partial charge in [0, 0.05) is 31.9 Å². The number of nitrogens with one attached hydrogen (secondary N) is 1. The van der Waals surface area contributed by atoms with Gasteiger partial charge in [-0.3, -0.25) is 4.90 Å². The zero-order valence-electron chi connectivity index (χ0n) is 12.1. The minimum Gasteiger partial charge on any atom is -0.369 e. The van der Waals surface area contributed by atoms with Crippen molar-refractivity contribution in [3.8, 4) is 0 Å². The summed E-state index contributed by atoms with van der Waals surface area (Å²) in [5.41, 5.74) is 1.38. The third-order valence-corrected chi connectivity index (χ3v) is 4.51. The second-order valence-corrected chi connectivity index (χ2v) is 5.81. The fraction of sp³-hybridized carbons (Fsp3) is 0.625. The van der Waals surface area contributed by atoms with Gasteiger partial charge in [-0.25, -0.2) is 0 Å². The first-order chi connectivity index (χ1) is 9.42. The Balaban J connectivity index is 0.00000147. The normalized spacial score (nSPS) is 23.6. The van der Waals surface area contributed by atoms with Gasteiger partial charge in [0.2, 0.25) is 0 Å². The van der Waals surface area contributed by atoms with E-state index >= 15 is 0 Å². The fourth-order valence-corrected chi connectivity index (χ4v) is 3.19. The van der Waals surface area contributed by atoms with Crippen LogP contribution in [0, 0.1) is 5.92 Å². The van der Waals surface area contributed by atoms with Crippen LogP contribution < -0.4 is 10.2 Å². The maximum Gasteiger partial charge on any atom is 0.0367 e. The van der Waals surface area contributed by atoms with Crippen molar-refractivity contribution in [2.75, 3.05) is 50.7 Å². The van der Waals surface area contributed by atoms with Gasteiger partial charge >= 0.3 is 0 Å². The number of piperazine rings is 1. The smallest absolute Gasteiger partial charge is 0.0367 e. The van der Waals surface area contributed by atoms with Gasteiger partial charge in [-0.15, -0.1) is 12.4 Å². The van der Waals surface area contributed by atoms with Crippen LogP contribution in [-0.2, 0) is 0 Å². The zero-order chi connectivity index (χ0) is 12.9. The van der Waals surface area contributed by atoms with E-state index in [2.05, 4.69) is 45.4 Å². The molecule has 0 saturated carbocycles. The van der Waals surface area contributed by atoms with Crippen molar-refractivity contribution >= 4 is 18.1 Å². The van der Waals surface area contributed by atoms with Crippen molar-refractivity contribution in [3.05, 3.63) is 30.3 Å². The van der Waals surface area contributed by atoms with Gasteiger partial charge in [-0.2, -0.15) is 0 Å². The van der Waals surface area contributed by atoms with Crippen LogP contribution >= 0.6 is 12.4 Å². The summed E-state index contributed by atoms with van der Waals surface area (Å²) in [5.74, 6) is 0.923. The monoisotopic (exact) mass is 295 g/mol. The van der Waals surface area contributed by atoms with Crippen molar-refractivity contribution < 1.29 is 0 Å². The highest BCUT2D eigenvalue weighted by atomic mass is 35.5. The quantitative estimate of drug-likeness (QED) is 0.919. The molecular weight excluding hydrogens is 270 g/mol. The topological polar surface area (TPSA) is 18.5 Å². The highest BCUT2D eigenvalue weighted by Crippen LogP contribution is 2.17. The molecule has 2 aliphatic rings. The number of nitrogens with zero attached hydrogens (tertiary/aromatic N) is 2. The largest absolute Gasteiger partial charge is 0.369 e. The van der Waals surface area contributed by atoms with Gasteiger partial charge in [0.25, 0.3) is 0 Å². The highest BCUT2D eigenvalue weighted by Gasteiger charge is 2.19. The van der Waals surface area contributed by atoms with Gasteiger partial charge in [0.1, 0.15) is 0 Å². The molecule has 2 aliphatic heterocycles. The van der Waals surface area contributed by atoms with E-state index in [4.69, 9.17) is 0 Å². The second-order valence-electron chi connectivity index (χ2n) is 5.81. The molecule has 3 nitrogen and oxygen atoms in total. The molecule has 1 aromatic carbocycles. The average molecular weight is 296 g/mol. The molecule has 2 saturated heterocycles. The van der Waals surface area contributed by atoms with Crippen LogP contribution in [0.5, 0.6) is 0 Å². The average Bonchev–Trinajstić information content (AvgIpc) is 3.00. The molecule has 0 aromatic heterocycles. The molecule has 1 unspecified atom stereocenters. The maximum absolute atomic E-state index is 3.46. The molecule has 0 bridgehead atoms. The lowest BCUT2D eigenvalue weighted by Gasteiger charge is -2.36. The van der Waals surface area contributed by atoms with Crippen LogP contribution in [0.3, 0.4) is 0 Å². The molecule has 20 heavy (non-hydrogen) atoms. The van der Waals surface area contributed by atoms with Crippen molar-refractivity contribution in [3.63, 3.8) is 0 Å². The van der Waals surface area contributed by atoms with E-state index in [0.29, 0.717) is 0 Å². The predicted octanol–water partition coefficient (Wildman–Crippen LogP) is 2.23. The number of halogens is 1. The van der Waals surface area contributed by atoms with Gasteiger partial charge in [-0.1, -0.05) is 18.2 Å². The molecule has 0 spiro atoms. The minimum atomic E-state index is 0. The van der Waals surface area contributed by atoms with Crippen LogP contribution in [-0.4, -0.2) is 50.7 Å². The number of hydrogen-bond donors (Lipinski definition) is 1. The molecule has 112 valence electrons. The summed E-state index contributed by atoms with van der Waals surface area (Å²) in [7, 11) is 0. The Morgan fingerprint density at radius 3 is 2.45 bits per heavy atom. The van der Waals surface area contributed by atoms with Crippen LogP contribution in [0.4, 0.5) is 5.69 Å². The second kappa shape index (κ2) is 7.87. The van der Waals surface area contributed by atoms with Crippen LogP contribution in [0.15, 0.2) is 30.3 Å². The van der Waals surface area contributed by atoms with E-state index in [9.17, 15) is 0 Å². The van der Waals surface area contributed by atoms with Gasteiger partial charge < -0.3 is 10.2 Å². The van der Waals surface area contributed by atoms with Gasteiger partial charge in [-0.05, 0) is 50.5 Å². The van der Waals surface area contributed by atoms with Crippen LogP contribution in [0.2, 0.25) is 0 Å². The SMILES string of the molecule is Cl.c1ccc(N2CCN(CCC3CCNC3)CC2)cc1. The number of benzene rings is 1. The summed E-state index contributed by atoms with van der Waals surface area (Å²) in [6.45, 7) is 8.54. The van der Waals surface area contributed by atoms with E-state index in [1.54, 1.807) is 0 Å². The third kappa shape index (κ3) is 4.11. The summed E-state index contributed by atoms with van der Waals surface area (Å²) < 4.78 is 0. The molecule has 2 heterocycles. The molecule has 3 rings (SSSR count). The predicted molar refractivity (Wildman–Crippen MR) is 87.9 cm³/mol. The van der Waals surface area contributed by atoms with E-state index in [0.717, 1.165) is 5.92 Å². The van der Waals surface area contributed by atoms with Crippen molar-refractivity contribution in [1.82, 2.24) is 10.2 Å². The van der Waals surface area contributed by atoms with E-state index in [1.807, 2.05) is 0 Å². The maximum atomic E-state index is 3.46. The summed E-state index contributed by atoms with van der Waals surface area (Å²) in [6, 6.07) is 10.8. The Bertz CT molecular complexity index is 371. The number of hydrogen-bond acceptors (Lipinski definition) is 3. The number of para-hydroxylation sites is 1. The van der Waals surface area contributed by atoms with Crippen molar-refractivity contribution in [2.24, 2.45) is 5.92 Å². The molecule has 4 heteroatoms. The summed E-state index contributed by atoms with van der Waals surface area (Å²) in [6.07, 6.45) is 2.75. The third-order valence-electron chi connectivity index (χ3n) is 4.51. The lowest BCUT2D eigenvalue weighted by molar-refractivity contribution is 0.241. The highest BCUT2D eigenvalue weighted by molar-refractivity contribution is 5.85. The lowest BCUT2D eigenvalue weighted by Crippen LogP contribution is -2.46. The van der Waals surface area contributed by atoms with E-state index in [1.165, 1.54) is 64.3 Å². The first-order valence-corrected chi connectivity index (χ1v) is 7.65. The lowest BCUT2D eigenvalue weighted by atomic mass is 10.0.